The normalized spacial score (nSPS) is 21.1. The number of ether oxygens (including phenoxy) is 1. The van der Waals surface area contributed by atoms with Gasteiger partial charge in [-0.3, -0.25) is 9.69 Å². The SMILES string of the molecule is CCN(C(C)CC(C)(NC)C(=O)OC)C1CC1. The zero-order valence-corrected chi connectivity index (χ0v) is 11.7. The number of hydrogen-bond donors (Lipinski definition) is 1. The van der Waals surface area contributed by atoms with Crippen molar-refractivity contribution in [2.24, 2.45) is 0 Å². The molecule has 1 saturated carbocycles. The van der Waals surface area contributed by atoms with Crippen LogP contribution in [0.15, 0.2) is 0 Å². The quantitative estimate of drug-likeness (QED) is 0.685. The van der Waals surface area contributed by atoms with E-state index in [2.05, 4.69) is 24.1 Å². The molecule has 1 aliphatic rings. The van der Waals surface area contributed by atoms with Gasteiger partial charge >= 0.3 is 5.97 Å². The fourth-order valence-electron chi connectivity index (χ4n) is 2.56. The molecule has 1 fully saturated rings. The molecule has 17 heavy (non-hydrogen) atoms. The van der Waals surface area contributed by atoms with E-state index >= 15 is 0 Å². The third kappa shape index (κ3) is 3.42. The number of esters is 1. The lowest BCUT2D eigenvalue weighted by Crippen LogP contribution is -2.53. The van der Waals surface area contributed by atoms with Gasteiger partial charge in [0.15, 0.2) is 0 Å². The van der Waals surface area contributed by atoms with Crippen LogP contribution in [0, 0.1) is 0 Å². The summed E-state index contributed by atoms with van der Waals surface area (Å²) in [5, 5.41) is 3.10. The third-order valence-corrected chi connectivity index (χ3v) is 3.84. The van der Waals surface area contributed by atoms with Gasteiger partial charge in [-0.1, -0.05) is 6.92 Å². The van der Waals surface area contributed by atoms with Crippen molar-refractivity contribution in [3.63, 3.8) is 0 Å². The minimum absolute atomic E-state index is 0.182. The molecule has 0 heterocycles. The van der Waals surface area contributed by atoms with Gasteiger partial charge in [0, 0.05) is 12.1 Å². The molecular weight excluding hydrogens is 216 g/mol. The summed E-state index contributed by atoms with van der Waals surface area (Å²) in [5.41, 5.74) is -0.587. The second-order valence-electron chi connectivity index (χ2n) is 5.19. The molecule has 0 aliphatic heterocycles. The maximum Gasteiger partial charge on any atom is 0.325 e. The van der Waals surface area contributed by atoms with Gasteiger partial charge in [0.05, 0.1) is 7.11 Å². The van der Waals surface area contributed by atoms with E-state index in [0.717, 1.165) is 19.0 Å². The summed E-state index contributed by atoms with van der Waals surface area (Å²) in [4.78, 5) is 14.3. The van der Waals surface area contributed by atoms with Crippen LogP contribution in [0.5, 0.6) is 0 Å². The number of hydrogen-bond acceptors (Lipinski definition) is 4. The van der Waals surface area contributed by atoms with E-state index in [9.17, 15) is 4.79 Å². The molecule has 0 spiro atoms. The van der Waals surface area contributed by atoms with Crippen molar-refractivity contribution in [3.8, 4) is 0 Å². The molecule has 0 aromatic heterocycles. The maximum atomic E-state index is 11.8. The number of rotatable bonds is 7. The van der Waals surface area contributed by atoms with Crippen LogP contribution in [0.2, 0.25) is 0 Å². The lowest BCUT2D eigenvalue weighted by molar-refractivity contribution is -0.148. The van der Waals surface area contributed by atoms with E-state index in [1.165, 1.54) is 20.0 Å². The maximum absolute atomic E-state index is 11.8. The predicted octanol–water partition coefficient (Wildman–Crippen LogP) is 1.40. The van der Waals surface area contributed by atoms with E-state index in [1.54, 1.807) is 0 Å². The van der Waals surface area contributed by atoms with Crippen LogP contribution in [0.3, 0.4) is 0 Å². The van der Waals surface area contributed by atoms with Crippen LogP contribution < -0.4 is 5.32 Å². The highest BCUT2D eigenvalue weighted by Crippen LogP contribution is 2.30. The van der Waals surface area contributed by atoms with E-state index in [4.69, 9.17) is 4.74 Å². The van der Waals surface area contributed by atoms with Gasteiger partial charge in [0.25, 0.3) is 0 Å². The molecule has 0 saturated heterocycles. The molecule has 1 rings (SSSR count). The minimum atomic E-state index is -0.587. The molecule has 2 unspecified atom stereocenters. The van der Waals surface area contributed by atoms with Crippen LogP contribution >= 0.6 is 0 Å². The first-order chi connectivity index (χ1) is 7.98. The fraction of sp³-hybridized carbons (Fsp3) is 0.923. The highest BCUT2D eigenvalue weighted by Gasteiger charge is 2.38. The summed E-state index contributed by atoms with van der Waals surface area (Å²) >= 11 is 0. The van der Waals surface area contributed by atoms with E-state index in [1.807, 2.05) is 14.0 Å². The van der Waals surface area contributed by atoms with Crippen molar-refractivity contribution in [1.82, 2.24) is 10.2 Å². The van der Waals surface area contributed by atoms with Crippen molar-refractivity contribution in [3.05, 3.63) is 0 Å². The molecule has 1 aliphatic carbocycles. The molecule has 100 valence electrons. The summed E-state index contributed by atoms with van der Waals surface area (Å²) in [6, 6.07) is 1.12. The summed E-state index contributed by atoms with van der Waals surface area (Å²) in [5.74, 6) is -0.182. The lowest BCUT2D eigenvalue weighted by Gasteiger charge is -2.35. The Morgan fingerprint density at radius 2 is 2.18 bits per heavy atom. The molecule has 0 radical (unpaired) electrons. The van der Waals surface area contributed by atoms with E-state index in [0.29, 0.717) is 6.04 Å². The average Bonchev–Trinajstić information content (AvgIpc) is 3.13. The van der Waals surface area contributed by atoms with E-state index in [-0.39, 0.29) is 5.97 Å². The molecule has 0 bridgehead atoms. The van der Waals surface area contributed by atoms with Gasteiger partial charge < -0.3 is 10.1 Å². The van der Waals surface area contributed by atoms with Crippen molar-refractivity contribution < 1.29 is 9.53 Å². The molecule has 0 amide bonds. The van der Waals surface area contributed by atoms with E-state index < -0.39 is 5.54 Å². The highest BCUT2D eigenvalue weighted by molar-refractivity contribution is 5.80. The minimum Gasteiger partial charge on any atom is -0.468 e. The Morgan fingerprint density at radius 1 is 1.59 bits per heavy atom. The van der Waals surface area contributed by atoms with Gasteiger partial charge in [-0.05, 0) is 46.7 Å². The van der Waals surface area contributed by atoms with Crippen molar-refractivity contribution in [2.45, 2.75) is 57.7 Å². The van der Waals surface area contributed by atoms with Gasteiger partial charge in [-0.25, -0.2) is 0 Å². The zero-order chi connectivity index (χ0) is 13.1. The first kappa shape index (κ1) is 14.5. The second-order valence-corrected chi connectivity index (χ2v) is 5.19. The predicted molar refractivity (Wildman–Crippen MR) is 69.0 cm³/mol. The third-order valence-electron chi connectivity index (χ3n) is 3.84. The summed E-state index contributed by atoms with van der Waals surface area (Å²) < 4.78 is 4.88. The van der Waals surface area contributed by atoms with Crippen molar-refractivity contribution in [1.29, 1.82) is 0 Å². The summed E-state index contributed by atoms with van der Waals surface area (Å²) in [6.45, 7) is 7.34. The Morgan fingerprint density at radius 3 is 2.53 bits per heavy atom. The second kappa shape index (κ2) is 5.83. The number of carbonyl (C=O) groups is 1. The van der Waals surface area contributed by atoms with Crippen LogP contribution in [0.25, 0.3) is 0 Å². The summed E-state index contributed by atoms with van der Waals surface area (Å²) in [6.07, 6.45) is 3.37. The van der Waals surface area contributed by atoms with Crippen molar-refractivity contribution in [2.75, 3.05) is 20.7 Å². The van der Waals surface area contributed by atoms with Crippen LogP contribution in [-0.2, 0) is 9.53 Å². The molecule has 1 N–H and O–H groups in total. The standard InChI is InChI=1S/C13H26N2O2/c1-6-15(11-7-8-11)10(2)9-13(3,14-4)12(16)17-5/h10-11,14H,6-9H2,1-5H3. The monoisotopic (exact) mass is 242 g/mol. The Bertz CT molecular complexity index is 266. The molecular formula is C13H26N2O2. The van der Waals surface area contributed by atoms with Gasteiger partial charge in [0.2, 0.25) is 0 Å². The smallest absolute Gasteiger partial charge is 0.325 e. The number of carbonyl (C=O) groups excluding carboxylic acids is 1. The molecule has 4 heteroatoms. The number of likely N-dealkylation sites (N-methyl/N-ethyl adjacent to an activating group) is 1. The van der Waals surface area contributed by atoms with Gasteiger partial charge in [-0.2, -0.15) is 0 Å². The van der Waals surface area contributed by atoms with Crippen molar-refractivity contribution >= 4 is 5.97 Å². The number of nitrogens with one attached hydrogen (secondary N) is 1. The first-order valence-corrected chi connectivity index (χ1v) is 6.51. The fourth-order valence-corrected chi connectivity index (χ4v) is 2.56. The number of nitrogens with zero attached hydrogens (tertiary/aromatic N) is 1. The lowest BCUT2D eigenvalue weighted by atomic mass is 9.93. The van der Waals surface area contributed by atoms with Crippen LogP contribution in [-0.4, -0.2) is 49.2 Å². The van der Waals surface area contributed by atoms with Gasteiger partial charge in [-0.15, -0.1) is 0 Å². The zero-order valence-electron chi connectivity index (χ0n) is 11.7. The first-order valence-electron chi connectivity index (χ1n) is 6.51. The highest BCUT2D eigenvalue weighted by atomic mass is 16.5. The van der Waals surface area contributed by atoms with Gasteiger partial charge in [0.1, 0.15) is 5.54 Å². The Labute approximate surface area is 105 Å². The van der Waals surface area contributed by atoms with Crippen LogP contribution in [0.4, 0.5) is 0 Å². The molecule has 2 atom stereocenters. The average molecular weight is 242 g/mol. The largest absolute Gasteiger partial charge is 0.468 e. The molecule has 4 nitrogen and oxygen atoms in total. The molecule has 0 aromatic rings. The summed E-state index contributed by atoms with van der Waals surface area (Å²) in [7, 11) is 3.26. The Hall–Kier alpha value is -0.610. The number of methoxy groups -OCH3 is 1. The van der Waals surface area contributed by atoms with Crippen LogP contribution in [0.1, 0.15) is 40.0 Å². The topological polar surface area (TPSA) is 41.6 Å². The molecule has 0 aromatic carbocycles. The Kier molecular flexibility index (Phi) is 4.95. The Balaban J connectivity index is 2.62.